The molecule has 0 bridgehead atoms. The van der Waals surface area contributed by atoms with Crippen LogP contribution in [0.4, 0.5) is 23.7 Å². The van der Waals surface area contributed by atoms with E-state index in [0.717, 1.165) is 37.3 Å². The van der Waals surface area contributed by atoms with Gasteiger partial charge in [0.05, 0.1) is 25.3 Å². The Balaban J connectivity index is 1.00. The summed E-state index contributed by atoms with van der Waals surface area (Å²) in [6.07, 6.45) is 1.75. The zero-order chi connectivity index (χ0) is 37.7. The van der Waals surface area contributed by atoms with Gasteiger partial charge in [-0.05, 0) is 63.1 Å². The van der Waals surface area contributed by atoms with E-state index in [0.29, 0.717) is 55.3 Å². The van der Waals surface area contributed by atoms with Crippen LogP contribution in [0.3, 0.4) is 0 Å². The highest BCUT2D eigenvalue weighted by Gasteiger charge is 2.33. The van der Waals surface area contributed by atoms with Crippen molar-refractivity contribution in [1.29, 1.82) is 0 Å². The van der Waals surface area contributed by atoms with E-state index in [1.807, 2.05) is 32.9 Å². The molecule has 2 aromatic carbocycles. The summed E-state index contributed by atoms with van der Waals surface area (Å²) in [5.41, 5.74) is 0.136. The lowest BCUT2D eigenvalue weighted by molar-refractivity contribution is 0.0108. The maximum Gasteiger partial charge on any atom is 0.410 e. The fourth-order valence-electron chi connectivity index (χ4n) is 6.06. The molecule has 2 aromatic heterocycles. The van der Waals surface area contributed by atoms with Gasteiger partial charge in [-0.25, -0.2) is 22.9 Å². The summed E-state index contributed by atoms with van der Waals surface area (Å²) in [4.78, 5) is 37.1. The van der Waals surface area contributed by atoms with Gasteiger partial charge in [0.15, 0.2) is 17.4 Å². The number of piperazine rings is 1. The zero-order valence-electron chi connectivity index (χ0n) is 29.8. The highest BCUT2D eigenvalue weighted by atomic mass is 32.2. The van der Waals surface area contributed by atoms with Crippen LogP contribution in [-0.4, -0.2) is 118 Å². The third-order valence-electron chi connectivity index (χ3n) is 8.88. The Morgan fingerprint density at radius 1 is 1.02 bits per heavy atom. The third kappa shape index (κ3) is 9.61. The van der Waals surface area contributed by atoms with Gasteiger partial charge in [0.1, 0.15) is 41.3 Å². The highest BCUT2D eigenvalue weighted by Crippen LogP contribution is 2.31. The molecule has 0 saturated carbocycles. The second kappa shape index (κ2) is 16.8. The number of fused-ring (bicyclic) bond motifs is 1. The van der Waals surface area contributed by atoms with Gasteiger partial charge >= 0.3 is 6.09 Å². The minimum absolute atomic E-state index is 0.00764. The number of pyridine rings is 1. The van der Waals surface area contributed by atoms with E-state index < -0.39 is 46.3 Å². The number of hydrogen-bond donors (Lipinski definition) is 2. The van der Waals surface area contributed by atoms with Gasteiger partial charge in [0.2, 0.25) is 5.78 Å². The lowest BCUT2D eigenvalue weighted by Gasteiger charge is -2.35. The van der Waals surface area contributed by atoms with Crippen LogP contribution in [0.5, 0.6) is 5.75 Å². The summed E-state index contributed by atoms with van der Waals surface area (Å²) in [5, 5.41) is 0.363. The number of ether oxygens (including phenoxy) is 3. The molecule has 4 aromatic rings. The number of aromatic amines is 1. The SMILES string of the molecule is CC(C)(C)OC(=O)N1CCN(CCOCCOc2ccc(-c3cnc4[nH]cc(C(=O)c5c(F)ccc(N[S+]([O-])N6CCC(F)C6)c5F)c4c3)cc2)CC1. The molecule has 6 rings (SSSR count). The number of rotatable bonds is 13. The normalized spacial score (nSPS) is 17.6. The van der Waals surface area contributed by atoms with Crippen molar-refractivity contribution < 1.29 is 41.5 Å². The molecule has 0 aliphatic carbocycles. The van der Waals surface area contributed by atoms with E-state index in [4.69, 9.17) is 14.2 Å². The number of anilines is 1. The fraction of sp³-hybridized carbons (Fsp3) is 0.432. The molecule has 0 spiro atoms. The van der Waals surface area contributed by atoms with Crippen LogP contribution in [0.1, 0.15) is 43.1 Å². The van der Waals surface area contributed by atoms with Crippen molar-refractivity contribution >= 4 is 40.1 Å². The number of carbonyl (C=O) groups excluding carboxylic acids is 2. The Morgan fingerprint density at radius 2 is 1.77 bits per heavy atom. The van der Waals surface area contributed by atoms with Crippen LogP contribution in [0.25, 0.3) is 22.2 Å². The third-order valence-corrected chi connectivity index (χ3v) is 10.1. The number of aromatic nitrogens is 2. The van der Waals surface area contributed by atoms with Crippen LogP contribution in [0.2, 0.25) is 0 Å². The van der Waals surface area contributed by atoms with Crippen molar-refractivity contribution in [2.75, 3.05) is 70.4 Å². The van der Waals surface area contributed by atoms with E-state index in [2.05, 4.69) is 19.6 Å². The Hall–Kier alpha value is -4.35. The summed E-state index contributed by atoms with van der Waals surface area (Å²) >= 11 is -1.98. The average molecular weight is 757 g/mol. The molecule has 4 heterocycles. The average Bonchev–Trinajstić information content (AvgIpc) is 3.77. The van der Waals surface area contributed by atoms with Gasteiger partial charge in [-0.2, -0.15) is 4.72 Å². The Kier molecular flexibility index (Phi) is 12.1. The number of nitrogens with one attached hydrogen (secondary N) is 2. The lowest BCUT2D eigenvalue weighted by atomic mass is 10.00. The van der Waals surface area contributed by atoms with Crippen LogP contribution in [0, 0.1) is 11.6 Å². The van der Waals surface area contributed by atoms with Crippen LogP contribution >= 0.6 is 0 Å². The number of ketones is 1. The molecule has 53 heavy (non-hydrogen) atoms. The number of benzene rings is 2. The number of nitrogens with zero attached hydrogens (tertiary/aromatic N) is 4. The van der Waals surface area contributed by atoms with Gasteiger partial charge in [0, 0.05) is 68.2 Å². The predicted octanol–water partition coefficient (Wildman–Crippen LogP) is 5.72. The van der Waals surface area contributed by atoms with Gasteiger partial charge in [-0.15, -0.1) is 4.31 Å². The fourth-order valence-corrected chi connectivity index (χ4v) is 7.10. The Labute approximate surface area is 309 Å². The first-order valence-electron chi connectivity index (χ1n) is 17.4. The lowest BCUT2D eigenvalue weighted by Crippen LogP contribution is -2.50. The van der Waals surface area contributed by atoms with Crippen LogP contribution in [0.15, 0.2) is 54.9 Å². The first-order valence-corrected chi connectivity index (χ1v) is 18.6. The Bertz CT molecular complexity index is 1900. The smallest absolute Gasteiger partial charge is 0.410 e. The van der Waals surface area contributed by atoms with E-state index in [1.165, 1.54) is 10.5 Å². The van der Waals surface area contributed by atoms with E-state index >= 15 is 4.39 Å². The second-order valence-electron chi connectivity index (χ2n) is 13.9. The predicted molar refractivity (Wildman–Crippen MR) is 195 cm³/mol. The minimum Gasteiger partial charge on any atom is -0.573 e. The molecule has 284 valence electrons. The quantitative estimate of drug-likeness (QED) is 0.0991. The molecule has 2 saturated heterocycles. The largest absolute Gasteiger partial charge is 0.573 e. The number of amides is 1. The maximum absolute atomic E-state index is 15.6. The minimum atomic E-state index is -1.98. The summed E-state index contributed by atoms with van der Waals surface area (Å²) in [6.45, 7) is 10.5. The number of hydrogen-bond acceptors (Lipinski definition) is 10. The van der Waals surface area contributed by atoms with Crippen molar-refractivity contribution in [3.05, 3.63) is 77.6 Å². The summed E-state index contributed by atoms with van der Waals surface area (Å²) in [7, 11) is 0. The monoisotopic (exact) mass is 756 g/mol. The molecule has 12 nitrogen and oxygen atoms in total. The summed E-state index contributed by atoms with van der Waals surface area (Å²) in [6, 6.07) is 11.0. The summed E-state index contributed by atoms with van der Waals surface area (Å²) in [5.74, 6) is -2.56. The highest BCUT2D eigenvalue weighted by molar-refractivity contribution is 7.90. The van der Waals surface area contributed by atoms with Gasteiger partial charge in [-0.1, -0.05) is 12.1 Å². The van der Waals surface area contributed by atoms with E-state index in [-0.39, 0.29) is 36.9 Å². The molecular formula is C37H43F3N6O6S. The molecule has 1 amide bonds. The molecule has 0 radical (unpaired) electrons. The van der Waals surface area contributed by atoms with Crippen LogP contribution < -0.4 is 9.46 Å². The summed E-state index contributed by atoms with van der Waals surface area (Å²) < 4.78 is 77.5. The molecule has 2 unspecified atom stereocenters. The van der Waals surface area contributed by atoms with Crippen molar-refractivity contribution in [2.24, 2.45) is 0 Å². The molecular weight excluding hydrogens is 714 g/mol. The first kappa shape index (κ1) is 38.4. The first-order chi connectivity index (χ1) is 25.4. The van der Waals surface area contributed by atoms with Crippen molar-refractivity contribution in [1.82, 2.24) is 24.1 Å². The van der Waals surface area contributed by atoms with E-state index in [9.17, 15) is 22.9 Å². The molecule has 2 N–H and O–H groups in total. The van der Waals surface area contributed by atoms with Gasteiger partial charge < -0.3 is 28.6 Å². The van der Waals surface area contributed by atoms with Gasteiger partial charge in [0.25, 0.3) is 0 Å². The number of halogens is 3. The molecule has 2 aliphatic heterocycles. The number of alkyl halides is 1. The zero-order valence-corrected chi connectivity index (χ0v) is 30.6. The van der Waals surface area contributed by atoms with E-state index in [1.54, 1.807) is 29.3 Å². The molecule has 16 heteroatoms. The Morgan fingerprint density at radius 3 is 2.47 bits per heavy atom. The van der Waals surface area contributed by atoms with Crippen molar-refractivity contribution in [2.45, 2.75) is 39.0 Å². The topological polar surface area (TPSA) is 135 Å². The molecule has 2 atom stereocenters. The van der Waals surface area contributed by atoms with Crippen molar-refractivity contribution in [3.63, 3.8) is 0 Å². The maximum atomic E-state index is 15.6. The number of carbonyl (C=O) groups is 2. The standard InChI is InChI=1S/C37H43F3N6O6S/c1-37(2,3)52-36(48)45-14-12-44(13-15-45)16-17-50-18-19-51-27-6-4-24(5-7-27)25-20-28-29(22-42-35(28)41-21-25)34(47)32-30(39)8-9-31(33(32)40)43-53(49)46-11-10-26(38)23-46/h4-9,20-22,26,43H,10-19,23H2,1-3H3,(H,41,42). The van der Waals surface area contributed by atoms with Gasteiger partial charge in [-0.3, -0.25) is 9.69 Å². The van der Waals surface area contributed by atoms with Crippen LogP contribution in [-0.2, 0) is 21.0 Å². The number of H-pyrrole nitrogens is 1. The molecule has 2 fully saturated rings. The second-order valence-corrected chi connectivity index (χ2v) is 15.1. The molecule has 2 aliphatic rings. The van der Waals surface area contributed by atoms with Crippen molar-refractivity contribution in [3.8, 4) is 16.9 Å².